The molecule has 1 atom stereocenters. The van der Waals surface area contributed by atoms with Crippen LogP contribution in [0.2, 0.25) is 0 Å². The molecule has 3 heteroatoms. The molecule has 0 amide bonds. The molecule has 0 fully saturated rings. The Morgan fingerprint density at radius 1 is 1.16 bits per heavy atom. The first-order valence-electron chi connectivity index (χ1n) is 6.34. The summed E-state index contributed by atoms with van der Waals surface area (Å²) in [5, 5.41) is 9.68. The van der Waals surface area contributed by atoms with E-state index in [0.29, 0.717) is 18.8 Å². The van der Waals surface area contributed by atoms with Crippen molar-refractivity contribution >= 4 is 0 Å². The van der Waals surface area contributed by atoms with Gasteiger partial charge in [-0.3, -0.25) is 0 Å². The first-order valence-corrected chi connectivity index (χ1v) is 6.34. The number of rotatable bonds is 5. The van der Waals surface area contributed by atoms with E-state index in [0.717, 1.165) is 11.1 Å². The Morgan fingerprint density at radius 3 is 2.53 bits per heavy atom. The number of halogens is 1. The van der Waals surface area contributed by atoms with Gasteiger partial charge in [-0.25, -0.2) is 4.39 Å². The molecule has 0 unspecified atom stereocenters. The summed E-state index contributed by atoms with van der Waals surface area (Å²) in [5.41, 5.74) is 1.67. The van der Waals surface area contributed by atoms with Gasteiger partial charge in [0.25, 0.3) is 0 Å². The summed E-state index contributed by atoms with van der Waals surface area (Å²) in [6, 6.07) is 13.7. The lowest BCUT2D eigenvalue weighted by Gasteiger charge is -2.10. The summed E-state index contributed by atoms with van der Waals surface area (Å²) >= 11 is 0. The Hall–Kier alpha value is -1.87. The molecule has 0 aromatic heterocycles. The van der Waals surface area contributed by atoms with Gasteiger partial charge in [-0.15, -0.1) is 0 Å². The fraction of sp³-hybridized carbons (Fsp3) is 0.250. The molecule has 0 saturated carbocycles. The van der Waals surface area contributed by atoms with E-state index in [1.807, 2.05) is 37.3 Å². The Labute approximate surface area is 112 Å². The fourth-order valence-corrected chi connectivity index (χ4v) is 1.82. The summed E-state index contributed by atoms with van der Waals surface area (Å²) in [5.74, 6) is 0.443. The van der Waals surface area contributed by atoms with E-state index in [1.54, 1.807) is 6.07 Å². The molecule has 0 bridgehead atoms. The van der Waals surface area contributed by atoms with E-state index in [2.05, 4.69) is 0 Å². The lowest BCUT2D eigenvalue weighted by Crippen LogP contribution is -1.97. The van der Waals surface area contributed by atoms with Crippen molar-refractivity contribution in [1.29, 1.82) is 0 Å². The van der Waals surface area contributed by atoms with Gasteiger partial charge in [0.1, 0.15) is 18.2 Å². The summed E-state index contributed by atoms with van der Waals surface area (Å²) in [6.45, 7) is 2.26. The molecule has 0 aliphatic rings. The average Bonchev–Trinajstić information content (AvgIpc) is 2.45. The van der Waals surface area contributed by atoms with Gasteiger partial charge < -0.3 is 9.84 Å². The van der Waals surface area contributed by atoms with Crippen LogP contribution in [0.1, 0.15) is 30.6 Å². The number of aliphatic hydroxyl groups is 1. The van der Waals surface area contributed by atoms with E-state index >= 15 is 0 Å². The maximum absolute atomic E-state index is 13.0. The zero-order chi connectivity index (χ0) is 13.7. The summed E-state index contributed by atoms with van der Waals surface area (Å²) < 4.78 is 18.6. The monoisotopic (exact) mass is 260 g/mol. The molecule has 1 N–H and O–H groups in total. The molecule has 0 heterocycles. The van der Waals surface area contributed by atoms with Crippen molar-refractivity contribution < 1.29 is 14.2 Å². The van der Waals surface area contributed by atoms with Crippen LogP contribution in [0.3, 0.4) is 0 Å². The van der Waals surface area contributed by atoms with Crippen LogP contribution in [-0.4, -0.2) is 5.11 Å². The highest BCUT2D eigenvalue weighted by atomic mass is 19.1. The average molecular weight is 260 g/mol. The van der Waals surface area contributed by atoms with Crippen LogP contribution < -0.4 is 4.74 Å². The molecule has 0 saturated heterocycles. The van der Waals surface area contributed by atoms with Crippen molar-refractivity contribution in [2.75, 3.05) is 0 Å². The second kappa shape index (κ2) is 6.34. The van der Waals surface area contributed by atoms with Gasteiger partial charge in [0.15, 0.2) is 0 Å². The van der Waals surface area contributed by atoms with Gasteiger partial charge in [0.2, 0.25) is 0 Å². The highest BCUT2D eigenvalue weighted by Crippen LogP contribution is 2.20. The first kappa shape index (κ1) is 13.6. The SMILES string of the molecule is CC[C@H](O)c1ccc(OCc2cccc(F)c2)cc1. The molecular weight excluding hydrogens is 243 g/mol. The third-order valence-corrected chi connectivity index (χ3v) is 2.95. The van der Waals surface area contributed by atoms with Gasteiger partial charge in [-0.2, -0.15) is 0 Å². The zero-order valence-corrected chi connectivity index (χ0v) is 10.8. The van der Waals surface area contributed by atoms with Gasteiger partial charge in [0.05, 0.1) is 6.10 Å². The minimum absolute atomic E-state index is 0.262. The normalized spacial score (nSPS) is 12.2. The Balaban J connectivity index is 1.96. The molecule has 2 rings (SSSR count). The minimum atomic E-state index is -0.433. The van der Waals surface area contributed by atoms with Crippen LogP contribution in [-0.2, 0) is 6.61 Å². The van der Waals surface area contributed by atoms with Crippen LogP contribution in [0.5, 0.6) is 5.75 Å². The second-order valence-corrected chi connectivity index (χ2v) is 4.41. The van der Waals surface area contributed by atoms with Gasteiger partial charge in [-0.05, 0) is 41.8 Å². The van der Waals surface area contributed by atoms with Crippen LogP contribution in [0.25, 0.3) is 0 Å². The third-order valence-electron chi connectivity index (χ3n) is 2.95. The van der Waals surface area contributed by atoms with E-state index in [4.69, 9.17) is 4.74 Å². The lowest BCUT2D eigenvalue weighted by atomic mass is 10.1. The molecule has 0 spiro atoms. The number of hydrogen-bond donors (Lipinski definition) is 1. The predicted octanol–water partition coefficient (Wildman–Crippen LogP) is 3.85. The predicted molar refractivity (Wildman–Crippen MR) is 72.4 cm³/mol. The summed E-state index contributed by atoms with van der Waals surface area (Å²) in [7, 11) is 0. The minimum Gasteiger partial charge on any atom is -0.489 e. The standard InChI is InChI=1S/C16H17FO2/c1-2-16(18)13-6-8-15(9-7-13)19-11-12-4-3-5-14(17)10-12/h3-10,16,18H,2,11H2,1H3/t16-/m0/s1. The van der Waals surface area contributed by atoms with Crippen LogP contribution in [0, 0.1) is 5.82 Å². The van der Waals surface area contributed by atoms with Crippen molar-refractivity contribution in [1.82, 2.24) is 0 Å². The van der Waals surface area contributed by atoms with Crippen molar-refractivity contribution in [3.05, 3.63) is 65.5 Å². The van der Waals surface area contributed by atoms with Gasteiger partial charge in [0, 0.05) is 0 Å². The molecular formula is C16H17FO2. The van der Waals surface area contributed by atoms with Crippen LogP contribution in [0.4, 0.5) is 4.39 Å². The summed E-state index contributed by atoms with van der Waals surface area (Å²) in [6.07, 6.45) is 0.251. The quantitative estimate of drug-likeness (QED) is 0.884. The smallest absolute Gasteiger partial charge is 0.123 e. The Morgan fingerprint density at radius 2 is 1.89 bits per heavy atom. The second-order valence-electron chi connectivity index (χ2n) is 4.41. The maximum Gasteiger partial charge on any atom is 0.123 e. The number of aliphatic hydroxyl groups excluding tert-OH is 1. The van der Waals surface area contributed by atoms with Crippen molar-refractivity contribution in [2.45, 2.75) is 26.1 Å². The first-order chi connectivity index (χ1) is 9.19. The number of ether oxygens (including phenoxy) is 1. The molecule has 100 valence electrons. The number of hydrogen-bond acceptors (Lipinski definition) is 2. The Bertz CT molecular complexity index is 523. The molecule has 0 aliphatic carbocycles. The molecule has 0 radical (unpaired) electrons. The third kappa shape index (κ3) is 3.80. The molecule has 2 aromatic carbocycles. The van der Waals surface area contributed by atoms with E-state index in [-0.39, 0.29) is 5.82 Å². The lowest BCUT2D eigenvalue weighted by molar-refractivity contribution is 0.173. The Kier molecular flexibility index (Phi) is 4.53. The summed E-state index contributed by atoms with van der Waals surface area (Å²) in [4.78, 5) is 0. The van der Waals surface area contributed by atoms with Crippen LogP contribution >= 0.6 is 0 Å². The molecule has 19 heavy (non-hydrogen) atoms. The van der Waals surface area contributed by atoms with Gasteiger partial charge in [-0.1, -0.05) is 31.2 Å². The molecule has 2 aromatic rings. The highest BCUT2D eigenvalue weighted by molar-refractivity contribution is 5.29. The van der Waals surface area contributed by atoms with Crippen LogP contribution in [0.15, 0.2) is 48.5 Å². The van der Waals surface area contributed by atoms with Crippen molar-refractivity contribution in [2.24, 2.45) is 0 Å². The van der Waals surface area contributed by atoms with E-state index in [1.165, 1.54) is 12.1 Å². The molecule has 2 nitrogen and oxygen atoms in total. The van der Waals surface area contributed by atoms with E-state index in [9.17, 15) is 9.50 Å². The van der Waals surface area contributed by atoms with Gasteiger partial charge >= 0.3 is 0 Å². The topological polar surface area (TPSA) is 29.5 Å². The maximum atomic E-state index is 13.0. The fourth-order valence-electron chi connectivity index (χ4n) is 1.82. The van der Waals surface area contributed by atoms with Crippen molar-refractivity contribution in [3.63, 3.8) is 0 Å². The zero-order valence-electron chi connectivity index (χ0n) is 10.8. The number of benzene rings is 2. The highest BCUT2D eigenvalue weighted by Gasteiger charge is 2.04. The van der Waals surface area contributed by atoms with E-state index < -0.39 is 6.10 Å². The largest absolute Gasteiger partial charge is 0.489 e. The van der Waals surface area contributed by atoms with Crippen molar-refractivity contribution in [3.8, 4) is 5.75 Å². The molecule has 0 aliphatic heterocycles.